The van der Waals surface area contributed by atoms with Gasteiger partial charge in [0.2, 0.25) is 0 Å². The maximum Gasteiger partial charge on any atom is 0.0518 e. The molecule has 2 nitrogen and oxygen atoms in total. The number of fused-ring (bicyclic) bond motifs is 3. The van der Waals surface area contributed by atoms with E-state index in [0.29, 0.717) is 0 Å². The van der Waals surface area contributed by atoms with Gasteiger partial charge < -0.3 is 9.67 Å². The van der Waals surface area contributed by atoms with Crippen LogP contribution in [0.25, 0.3) is 21.8 Å². The Labute approximate surface area is 113 Å². The van der Waals surface area contributed by atoms with Crippen LogP contribution < -0.4 is 0 Å². The Balaban J connectivity index is 2.31. The first-order chi connectivity index (χ1) is 9.22. The monoisotopic (exact) mass is 253 g/mol. The van der Waals surface area contributed by atoms with E-state index in [1.807, 2.05) is 0 Å². The van der Waals surface area contributed by atoms with Gasteiger partial charge in [-0.15, -0.1) is 0 Å². The van der Waals surface area contributed by atoms with E-state index in [4.69, 9.17) is 5.11 Å². The molecule has 1 heterocycles. The highest BCUT2D eigenvalue weighted by atomic mass is 16.2. The van der Waals surface area contributed by atoms with Crippen LogP contribution in [-0.4, -0.2) is 16.3 Å². The lowest BCUT2D eigenvalue weighted by Crippen LogP contribution is -1.93. The zero-order valence-electron chi connectivity index (χ0n) is 11.5. The van der Waals surface area contributed by atoms with E-state index in [1.165, 1.54) is 32.9 Å². The summed E-state index contributed by atoms with van der Waals surface area (Å²) in [4.78, 5) is 0. The number of aliphatic hydroxyl groups excluding tert-OH is 1. The quantitative estimate of drug-likeness (QED) is 0.758. The Morgan fingerprint density at radius 3 is 2.68 bits per heavy atom. The lowest BCUT2D eigenvalue weighted by molar-refractivity contribution is 0.288. The Morgan fingerprint density at radius 1 is 1.11 bits per heavy atom. The largest absolute Gasteiger partial charge is 0.396 e. The fourth-order valence-corrected chi connectivity index (χ4v) is 3.05. The molecule has 98 valence electrons. The first-order valence-corrected chi connectivity index (χ1v) is 6.80. The number of rotatable bonds is 3. The number of para-hydroxylation sites is 1. The van der Waals surface area contributed by atoms with Crippen LogP contribution in [0.4, 0.5) is 0 Å². The van der Waals surface area contributed by atoms with Gasteiger partial charge in [0.25, 0.3) is 0 Å². The van der Waals surface area contributed by atoms with Crippen LogP contribution in [0.5, 0.6) is 0 Å². The van der Waals surface area contributed by atoms with E-state index in [-0.39, 0.29) is 6.61 Å². The molecule has 1 aromatic heterocycles. The van der Waals surface area contributed by atoms with Gasteiger partial charge in [0.15, 0.2) is 0 Å². The molecule has 0 aliphatic heterocycles. The van der Waals surface area contributed by atoms with Crippen LogP contribution in [0.3, 0.4) is 0 Å². The van der Waals surface area contributed by atoms with Crippen molar-refractivity contribution in [2.24, 2.45) is 7.05 Å². The average Bonchev–Trinajstić information content (AvgIpc) is 2.71. The van der Waals surface area contributed by atoms with Crippen LogP contribution in [0, 0.1) is 6.92 Å². The van der Waals surface area contributed by atoms with Gasteiger partial charge in [0, 0.05) is 29.9 Å². The van der Waals surface area contributed by atoms with Gasteiger partial charge in [-0.05, 0) is 43.0 Å². The molecule has 0 bridgehead atoms. The van der Waals surface area contributed by atoms with E-state index >= 15 is 0 Å². The van der Waals surface area contributed by atoms with Crippen LogP contribution in [0.1, 0.15) is 17.5 Å². The molecule has 3 aromatic rings. The summed E-state index contributed by atoms with van der Waals surface area (Å²) in [7, 11) is 2.13. The lowest BCUT2D eigenvalue weighted by atomic mass is 10.0. The SMILES string of the molecule is Cc1cc(CCCO)cc2c3ccccc3n(C)c12. The molecule has 0 atom stereocenters. The van der Waals surface area contributed by atoms with E-state index in [9.17, 15) is 0 Å². The highest BCUT2D eigenvalue weighted by molar-refractivity contribution is 6.09. The molecule has 2 heteroatoms. The molecule has 0 saturated heterocycles. The molecule has 0 unspecified atom stereocenters. The van der Waals surface area contributed by atoms with Crippen molar-refractivity contribution in [3.8, 4) is 0 Å². The zero-order valence-corrected chi connectivity index (χ0v) is 11.5. The highest BCUT2D eigenvalue weighted by Crippen LogP contribution is 2.31. The Morgan fingerprint density at radius 2 is 1.89 bits per heavy atom. The summed E-state index contributed by atoms with van der Waals surface area (Å²) >= 11 is 0. The Bertz CT molecular complexity index is 740. The third-order valence-electron chi connectivity index (χ3n) is 3.87. The number of hydrogen-bond donors (Lipinski definition) is 1. The van der Waals surface area contributed by atoms with Crippen molar-refractivity contribution in [1.29, 1.82) is 0 Å². The molecular weight excluding hydrogens is 234 g/mol. The lowest BCUT2D eigenvalue weighted by Gasteiger charge is -2.06. The second-order valence-electron chi connectivity index (χ2n) is 5.21. The summed E-state index contributed by atoms with van der Waals surface area (Å²) in [6.45, 7) is 2.43. The smallest absolute Gasteiger partial charge is 0.0518 e. The number of aromatic nitrogens is 1. The van der Waals surface area contributed by atoms with Gasteiger partial charge in [-0.25, -0.2) is 0 Å². The molecular formula is C17H19NO. The van der Waals surface area contributed by atoms with E-state index < -0.39 is 0 Å². The van der Waals surface area contributed by atoms with Gasteiger partial charge in [0.1, 0.15) is 0 Å². The van der Waals surface area contributed by atoms with Crippen LogP contribution in [0.2, 0.25) is 0 Å². The van der Waals surface area contributed by atoms with Gasteiger partial charge in [-0.3, -0.25) is 0 Å². The molecule has 0 radical (unpaired) electrons. The molecule has 0 saturated carbocycles. The van der Waals surface area contributed by atoms with Crippen LogP contribution >= 0.6 is 0 Å². The predicted octanol–water partition coefficient (Wildman–Crippen LogP) is 3.56. The maximum absolute atomic E-state index is 8.98. The summed E-state index contributed by atoms with van der Waals surface area (Å²) in [5.41, 5.74) is 5.22. The Kier molecular flexibility index (Phi) is 3.03. The van der Waals surface area contributed by atoms with E-state index in [0.717, 1.165) is 12.8 Å². The second kappa shape index (κ2) is 4.71. The first-order valence-electron chi connectivity index (χ1n) is 6.80. The number of hydrogen-bond acceptors (Lipinski definition) is 1. The first kappa shape index (κ1) is 12.2. The fraction of sp³-hybridized carbons (Fsp3) is 0.294. The van der Waals surface area contributed by atoms with E-state index in [1.54, 1.807) is 0 Å². The molecule has 0 fully saturated rings. The summed E-state index contributed by atoms with van der Waals surface area (Å²) in [5.74, 6) is 0. The molecule has 2 aromatic carbocycles. The van der Waals surface area contributed by atoms with Crippen molar-refractivity contribution in [2.45, 2.75) is 19.8 Å². The molecule has 19 heavy (non-hydrogen) atoms. The minimum atomic E-state index is 0.257. The second-order valence-corrected chi connectivity index (χ2v) is 5.21. The van der Waals surface area contributed by atoms with Gasteiger partial charge in [-0.2, -0.15) is 0 Å². The molecule has 0 aliphatic carbocycles. The molecule has 0 aliphatic rings. The summed E-state index contributed by atoms with van der Waals surface area (Å²) in [5, 5.41) is 11.6. The van der Waals surface area contributed by atoms with Gasteiger partial charge in [0.05, 0.1) is 5.52 Å². The standard InChI is InChI=1S/C17H19NO/c1-12-10-13(6-5-9-19)11-15-14-7-3-4-8-16(14)18(2)17(12)15/h3-4,7-8,10-11,19H,5-6,9H2,1-2H3. The normalized spacial score (nSPS) is 11.5. The molecule has 0 amide bonds. The topological polar surface area (TPSA) is 25.2 Å². The number of benzene rings is 2. The fourth-order valence-electron chi connectivity index (χ4n) is 3.05. The molecule has 0 spiro atoms. The third kappa shape index (κ3) is 1.92. The number of nitrogens with zero attached hydrogens (tertiary/aromatic N) is 1. The predicted molar refractivity (Wildman–Crippen MR) is 80.6 cm³/mol. The molecule has 1 N–H and O–H groups in total. The van der Waals surface area contributed by atoms with Crippen LogP contribution in [0.15, 0.2) is 36.4 Å². The van der Waals surface area contributed by atoms with Gasteiger partial charge in [-0.1, -0.05) is 24.3 Å². The van der Waals surface area contributed by atoms with Crippen molar-refractivity contribution in [3.05, 3.63) is 47.5 Å². The summed E-state index contributed by atoms with van der Waals surface area (Å²) in [6, 6.07) is 13.1. The number of aryl methyl sites for hydroxylation is 3. The van der Waals surface area contributed by atoms with Crippen molar-refractivity contribution >= 4 is 21.8 Å². The summed E-state index contributed by atoms with van der Waals surface area (Å²) in [6.07, 6.45) is 1.77. The summed E-state index contributed by atoms with van der Waals surface area (Å²) < 4.78 is 2.27. The van der Waals surface area contributed by atoms with Crippen molar-refractivity contribution in [1.82, 2.24) is 4.57 Å². The van der Waals surface area contributed by atoms with Crippen LogP contribution in [-0.2, 0) is 13.5 Å². The zero-order chi connectivity index (χ0) is 13.4. The van der Waals surface area contributed by atoms with E-state index in [2.05, 4.69) is 54.9 Å². The van der Waals surface area contributed by atoms with Crippen molar-refractivity contribution in [3.63, 3.8) is 0 Å². The van der Waals surface area contributed by atoms with Crippen molar-refractivity contribution < 1.29 is 5.11 Å². The minimum Gasteiger partial charge on any atom is -0.396 e. The van der Waals surface area contributed by atoms with Crippen molar-refractivity contribution in [2.75, 3.05) is 6.61 Å². The highest BCUT2D eigenvalue weighted by Gasteiger charge is 2.10. The molecule has 3 rings (SSSR count). The average molecular weight is 253 g/mol. The minimum absolute atomic E-state index is 0.257. The Hall–Kier alpha value is -1.80. The number of aliphatic hydroxyl groups is 1. The maximum atomic E-state index is 8.98. The third-order valence-corrected chi connectivity index (χ3v) is 3.87. The van der Waals surface area contributed by atoms with Gasteiger partial charge >= 0.3 is 0 Å².